The summed E-state index contributed by atoms with van der Waals surface area (Å²) in [6.07, 6.45) is 7.78. The Hall–Kier alpha value is -1.51. The predicted molar refractivity (Wildman–Crippen MR) is 39.2 cm³/mol. The Bertz CT molecular complexity index is 250. The number of nitrogens with zero attached hydrogens (tertiary/aromatic N) is 1. The maximum absolute atomic E-state index is 5.18. The summed E-state index contributed by atoms with van der Waals surface area (Å²) in [5, 5.41) is 3.00. The molecule has 0 amide bonds. The molecule has 1 aliphatic heterocycles. The van der Waals surface area contributed by atoms with Gasteiger partial charge < -0.3 is 10.1 Å². The largest absolute Gasteiger partial charge is 0.473 e. The SMILES string of the molecule is [c]1ncccc1C1NC=CO1. The van der Waals surface area contributed by atoms with Crippen LogP contribution in [0.15, 0.2) is 30.8 Å². The first-order valence-electron chi connectivity index (χ1n) is 3.36. The number of rotatable bonds is 1. The van der Waals surface area contributed by atoms with Crippen LogP contribution in [0.1, 0.15) is 11.8 Å². The molecule has 0 aliphatic carbocycles. The van der Waals surface area contributed by atoms with Crippen LogP contribution in [0, 0.1) is 6.20 Å². The molecule has 1 unspecified atom stereocenters. The zero-order valence-electron chi connectivity index (χ0n) is 5.82. The van der Waals surface area contributed by atoms with E-state index < -0.39 is 0 Å². The minimum Gasteiger partial charge on any atom is -0.473 e. The third-order valence-corrected chi connectivity index (χ3v) is 1.44. The topological polar surface area (TPSA) is 34.2 Å². The lowest BCUT2D eigenvalue weighted by atomic mass is 10.2. The average Bonchev–Trinajstić information content (AvgIpc) is 2.58. The fourth-order valence-electron chi connectivity index (χ4n) is 0.932. The Morgan fingerprint density at radius 1 is 1.64 bits per heavy atom. The monoisotopic (exact) mass is 147 g/mol. The molecule has 1 aliphatic rings. The zero-order chi connectivity index (χ0) is 7.52. The fourth-order valence-corrected chi connectivity index (χ4v) is 0.932. The highest BCUT2D eigenvalue weighted by molar-refractivity contribution is 5.12. The summed E-state index contributed by atoms with van der Waals surface area (Å²) >= 11 is 0. The van der Waals surface area contributed by atoms with Crippen LogP contribution in [-0.2, 0) is 4.74 Å². The molecule has 1 radical (unpaired) electrons. The minimum atomic E-state index is -0.108. The minimum absolute atomic E-state index is 0.108. The van der Waals surface area contributed by atoms with Crippen molar-refractivity contribution in [3.63, 3.8) is 0 Å². The van der Waals surface area contributed by atoms with E-state index in [-0.39, 0.29) is 6.23 Å². The van der Waals surface area contributed by atoms with Crippen LogP contribution in [0.5, 0.6) is 0 Å². The number of nitrogens with one attached hydrogen (secondary N) is 1. The molecule has 0 fully saturated rings. The maximum Gasteiger partial charge on any atom is 0.197 e. The Morgan fingerprint density at radius 3 is 3.27 bits per heavy atom. The third-order valence-electron chi connectivity index (χ3n) is 1.44. The smallest absolute Gasteiger partial charge is 0.197 e. The van der Waals surface area contributed by atoms with Gasteiger partial charge in [-0.1, -0.05) is 0 Å². The van der Waals surface area contributed by atoms with Gasteiger partial charge in [0, 0.05) is 18.0 Å². The molecule has 3 heteroatoms. The number of hydrogen-bond acceptors (Lipinski definition) is 3. The molecular weight excluding hydrogens is 140 g/mol. The number of hydrogen-bond donors (Lipinski definition) is 1. The van der Waals surface area contributed by atoms with E-state index >= 15 is 0 Å². The van der Waals surface area contributed by atoms with Crippen molar-refractivity contribution in [1.29, 1.82) is 0 Å². The van der Waals surface area contributed by atoms with Crippen LogP contribution in [0.3, 0.4) is 0 Å². The van der Waals surface area contributed by atoms with Crippen LogP contribution in [0.4, 0.5) is 0 Å². The van der Waals surface area contributed by atoms with Crippen molar-refractivity contribution in [2.24, 2.45) is 0 Å². The van der Waals surface area contributed by atoms with Gasteiger partial charge in [-0.2, -0.15) is 0 Å². The Kier molecular flexibility index (Phi) is 1.48. The van der Waals surface area contributed by atoms with E-state index in [4.69, 9.17) is 4.74 Å². The van der Waals surface area contributed by atoms with E-state index in [0.717, 1.165) is 5.56 Å². The van der Waals surface area contributed by atoms with Gasteiger partial charge in [0.15, 0.2) is 6.23 Å². The Morgan fingerprint density at radius 2 is 2.64 bits per heavy atom. The molecule has 3 nitrogen and oxygen atoms in total. The average molecular weight is 147 g/mol. The highest BCUT2D eigenvalue weighted by Crippen LogP contribution is 2.15. The van der Waals surface area contributed by atoms with Gasteiger partial charge >= 0.3 is 0 Å². The van der Waals surface area contributed by atoms with E-state index in [1.54, 1.807) is 18.7 Å². The molecular formula is C8H7N2O. The zero-order valence-corrected chi connectivity index (χ0v) is 5.82. The van der Waals surface area contributed by atoms with Crippen molar-refractivity contribution in [3.8, 4) is 0 Å². The molecule has 2 heterocycles. The molecule has 1 N–H and O–H groups in total. The fraction of sp³-hybridized carbons (Fsp3) is 0.125. The molecule has 11 heavy (non-hydrogen) atoms. The molecule has 0 saturated heterocycles. The second-order valence-corrected chi connectivity index (χ2v) is 2.19. The molecule has 0 saturated carbocycles. The normalized spacial score (nSPS) is 20.9. The third kappa shape index (κ3) is 1.17. The lowest BCUT2D eigenvalue weighted by Crippen LogP contribution is -2.11. The first-order valence-corrected chi connectivity index (χ1v) is 3.36. The number of ether oxygens (including phenoxy) is 1. The highest BCUT2D eigenvalue weighted by Gasteiger charge is 2.12. The summed E-state index contributed by atoms with van der Waals surface area (Å²) in [6.45, 7) is 0. The van der Waals surface area contributed by atoms with Crippen LogP contribution >= 0.6 is 0 Å². The van der Waals surface area contributed by atoms with Crippen molar-refractivity contribution in [2.75, 3.05) is 0 Å². The summed E-state index contributed by atoms with van der Waals surface area (Å²) in [5.74, 6) is 0. The lowest BCUT2D eigenvalue weighted by molar-refractivity contribution is 0.154. The summed E-state index contributed by atoms with van der Waals surface area (Å²) in [7, 11) is 0. The van der Waals surface area contributed by atoms with E-state index in [0.29, 0.717) is 0 Å². The van der Waals surface area contributed by atoms with Crippen LogP contribution in [-0.4, -0.2) is 4.98 Å². The molecule has 55 valence electrons. The van der Waals surface area contributed by atoms with E-state index in [2.05, 4.69) is 16.5 Å². The van der Waals surface area contributed by atoms with Crippen LogP contribution in [0.2, 0.25) is 0 Å². The second-order valence-electron chi connectivity index (χ2n) is 2.19. The number of pyridine rings is 1. The molecule has 0 bridgehead atoms. The van der Waals surface area contributed by atoms with E-state index in [9.17, 15) is 0 Å². The van der Waals surface area contributed by atoms with Gasteiger partial charge in [-0.05, 0) is 12.1 Å². The molecule has 0 spiro atoms. The van der Waals surface area contributed by atoms with Crippen molar-refractivity contribution < 1.29 is 4.74 Å². The first kappa shape index (κ1) is 6.22. The van der Waals surface area contributed by atoms with Gasteiger partial charge in [-0.3, -0.25) is 4.98 Å². The summed E-state index contributed by atoms with van der Waals surface area (Å²) in [5.41, 5.74) is 0.914. The quantitative estimate of drug-likeness (QED) is 0.642. The highest BCUT2D eigenvalue weighted by atomic mass is 16.5. The van der Waals surface area contributed by atoms with Gasteiger partial charge in [0.05, 0.1) is 6.20 Å². The predicted octanol–water partition coefficient (Wildman–Crippen LogP) is 0.971. The molecule has 2 rings (SSSR count). The van der Waals surface area contributed by atoms with E-state index in [1.165, 1.54) is 0 Å². The second kappa shape index (κ2) is 2.62. The Balaban J connectivity index is 2.17. The maximum atomic E-state index is 5.18. The lowest BCUT2D eigenvalue weighted by Gasteiger charge is -2.09. The summed E-state index contributed by atoms with van der Waals surface area (Å²) in [6, 6.07) is 3.77. The van der Waals surface area contributed by atoms with Gasteiger partial charge in [0.25, 0.3) is 0 Å². The van der Waals surface area contributed by atoms with Crippen molar-refractivity contribution in [1.82, 2.24) is 10.3 Å². The molecule has 1 atom stereocenters. The van der Waals surface area contributed by atoms with Gasteiger partial charge in [-0.15, -0.1) is 0 Å². The summed E-state index contributed by atoms with van der Waals surface area (Å²) < 4.78 is 5.18. The molecule has 0 aromatic carbocycles. The Labute approximate surface area is 64.7 Å². The standard InChI is InChI=1S/C8H7N2O/c1-2-7(6-9-3-1)8-10-4-5-11-8/h1-5,8,10H. The van der Waals surface area contributed by atoms with E-state index in [1.807, 2.05) is 12.1 Å². The van der Waals surface area contributed by atoms with Crippen molar-refractivity contribution >= 4 is 0 Å². The first-order chi connectivity index (χ1) is 5.47. The van der Waals surface area contributed by atoms with Crippen LogP contribution < -0.4 is 5.32 Å². The van der Waals surface area contributed by atoms with Crippen molar-refractivity contribution in [2.45, 2.75) is 6.23 Å². The number of aromatic nitrogens is 1. The van der Waals surface area contributed by atoms with Crippen LogP contribution in [0.25, 0.3) is 0 Å². The van der Waals surface area contributed by atoms with Gasteiger partial charge in [0.2, 0.25) is 0 Å². The van der Waals surface area contributed by atoms with Gasteiger partial charge in [0.1, 0.15) is 6.26 Å². The summed E-state index contributed by atoms with van der Waals surface area (Å²) in [4.78, 5) is 3.86. The molecule has 1 aromatic heterocycles. The van der Waals surface area contributed by atoms with Gasteiger partial charge in [-0.25, -0.2) is 0 Å². The molecule has 1 aromatic rings. The van der Waals surface area contributed by atoms with Crippen molar-refractivity contribution in [3.05, 3.63) is 42.6 Å².